The van der Waals surface area contributed by atoms with Gasteiger partial charge < -0.3 is 14.6 Å². The quantitative estimate of drug-likeness (QED) is 0.748. The molecule has 1 aliphatic carbocycles. The maximum absolute atomic E-state index is 10.0. The fourth-order valence-electron chi connectivity index (χ4n) is 1.30. The van der Waals surface area contributed by atoms with Crippen LogP contribution in [0.3, 0.4) is 0 Å². The van der Waals surface area contributed by atoms with Crippen molar-refractivity contribution in [2.75, 3.05) is 20.8 Å². The summed E-state index contributed by atoms with van der Waals surface area (Å²) < 4.78 is 9.99. The third kappa shape index (κ3) is 2.31. The van der Waals surface area contributed by atoms with Gasteiger partial charge in [0.05, 0.1) is 6.61 Å². The number of aliphatic hydroxyl groups is 1. The fraction of sp³-hybridized carbons (Fsp3) is 0.556. The Balaban J connectivity index is 2.81. The predicted molar refractivity (Wildman–Crippen MR) is 50.7 cm³/mol. The Morgan fingerprint density at radius 2 is 2.31 bits per heavy atom. The van der Waals surface area contributed by atoms with Gasteiger partial charge >= 0.3 is 0 Å². The van der Waals surface area contributed by atoms with Crippen LogP contribution < -0.4 is 0 Å². The summed E-state index contributed by atoms with van der Waals surface area (Å²) in [5, 5.41) is 10.6. The van der Waals surface area contributed by atoms with E-state index in [9.17, 15) is 5.11 Å². The van der Waals surface area contributed by atoms with Gasteiger partial charge in [0.15, 0.2) is 0 Å². The minimum Gasteiger partial charge on any atom is -0.381 e. The number of methoxy groups -OCH3 is 2. The van der Waals surface area contributed by atoms with Crippen LogP contribution in [0.25, 0.3) is 0 Å². The Kier molecular flexibility index (Phi) is 3.50. The molecule has 0 fully saturated rings. The molecule has 1 aliphatic rings. The van der Waals surface area contributed by atoms with E-state index >= 15 is 0 Å². The molecule has 74 valence electrons. The zero-order valence-corrected chi connectivity index (χ0v) is 8.41. The molecule has 0 saturated heterocycles. The van der Waals surface area contributed by atoms with Crippen LogP contribution in [0, 0.1) is 0 Å². The first-order chi connectivity index (χ1) is 6.12. The van der Waals surface area contributed by atoms with Crippen molar-refractivity contribution in [1.29, 1.82) is 0 Å². The molecule has 3 nitrogen and oxygen atoms in total. The highest BCUT2D eigenvalue weighted by atomic mass is 35.5. The van der Waals surface area contributed by atoms with E-state index < -0.39 is 11.7 Å². The Labute approximate surface area is 82.6 Å². The van der Waals surface area contributed by atoms with Crippen LogP contribution in [0.15, 0.2) is 23.3 Å². The lowest BCUT2D eigenvalue weighted by atomic mass is 9.93. The van der Waals surface area contributed by atoms with Gasteiger partial charge in [-0.1, -0.05) is 11.6 Å². The lowest BCUT2D eigenvalue weighted by Gasteiger charge is -2.32. The third-order valence-corrected chi connectivity index (χ3v) is 2.22. The van der Waals surface area contributed by atoms with E-state index in [0.29, 0.717) is 5.03 Å². The van der Waals surface area contributed by atoms with Crippen molar-refractivity contribution in [3.63, 3.8) is 0 Å². The average molecular weight is 205 g/mol. The van der Waals surface area contributed by atoms with Gasteiger partial charge in [0.1, 0.15) is 11.7 Å². The highest BCUT2D eigenvalue weighted by molar-refractivity contribution is 6.31. The summed E-state index contributed by atoms with van der Waals surface area (Å²) in [5.41, 5.74) is -1.11. The summed E-state index contributed by atoms with van der Waals surface area (Å²) in [6, 6.07) is 0. The second-order valence-electron chi connectivity index (χ2n) is 2.97. The van der Waals surface area contributed by atoms with Crippen molar-refractivity contribution in [2.45, 2.75) is 11.7 Å². The van der Waals surface area contributed by atoms with E-state index in [1.807, 2.05) is 0 Å². The first-order valence-corrected chi connectivity index (χ1v) is 4.31. The summed E-state index contributed by atoms with van der Waals surface area (Å²) in [7, 11) is 3.05. The van der Waals surface area contributed by atoms with Crippen LogP contribution >= 0.6 is 11.6 Å². The molecule has 0 spiro atoms. The Morgan fingerprint density at radius 3 is 2.85 bits per heavy atom. The van der Waals surface area contributed by atoms with Crippen LogP contribution in [0.2, 0.25) is 0 Å². The molecule has 1 rings (SSSR count). The van der Waals surface area contributed by atoms with Gasteiger partial charge in [-0.25, -0.2) is 0 Å². The smallest absolute Gasteiger partial charge is 0.136 e. The molecular formula is C9H13ClO3. The summed E-state index contributed by atoms with van der Waals surface area (Å²) >= 11 is 5.76. The number of hydrogen-bond acceptors (Lipinski definition) is 3. The van der Waals surface area contributed by atoms with Gasteiger partial charge in [-0.05, 0) is 18.2 Å². The van der Waals surface area contributed by atoms with Crippen LogP contribution in [0.4, 0.5) is 0 Å². The van der Waals surface area contributed by atoms with E-state index in [1.54, 1.807) is 18.2 Å². The number of allylic oxidation sites excluding steroid dienone is 2. The van der Waals surface area contributed by atoms with Crippen LogP contribution in [-0.4, -0.2) is 37.6 Å². The number of hydrogen-bond donors (Lipinski definition) is 1. The molecule has 0 aliphatic heterocycles. The second-order valence-corrected chi connectivity index (χ2v) is 3.40. The first kappa shape index (κ1) is 10.7. The van der Waals surface area contributed by atoms with E-state index in [0.717, 1.165) is 0 Å². The maximum Gasteiger partial charge on any atom is 0.136 e. The van der Waals surface area contributed by atoms with Crippen LogP contribution in [0.1, 0.15) is 0 Å². The third-order valence-electron chi connectivity index (χ3n) is 1.96. The fourth-order valence-corrected chi connectivity index (χ4v) is 1.47. The average Bonchev–Trinajstić information content (AvgIpc) is 2.10. The molecule has 13 heavy (non-hydrogen) atoms. The Morgan fingerprint density at radius 1 is 1.62 bits per heavy atom. The second kappa shape index (κ2) is 4.24. The van der Waals surface area contributed by atoms with E-state index in [1.165, 1.54) is 14.2 Å². The summed E-state index contributed by atoms with van der Waals surface area (Å²) in [5.74, 6) is 0. The molecule has 0 radical (unpaired) electrons. The van der Waals surface area contributed by atoms with Crippen molar-refractivity contribution in [1.82, 2.24) is 0 Å². The highest BCUT2D eigenvalue weighted by Crippen LogP contribution is 2.25. The number of ether oxygens (including phenoxy) is 2. The molecule has 0 heterocycles. The number of halogens is 1. The maximum atomic E-state index is 10.0. The molecular weight excluding hydrogens is 192 g/mol. The Hall–Kier alpha value is -0.350. The molecule has 0 saturated carbocycles. The number of rotatable bonds is 3. The largest absolute Gasteiger partial charge is 0.381 e. The van der Waals surface area contributed by atoms with E-state index in [-0.39, 0.29) is 6.61 Å². The summed E-state index contributed by atoms with van der Waals surface area (Å²) in [6.07, 6.45) is 4.42. The summed E-state index contributed by atoms with van der Waals surface area (Å²) in [6.45, 7) is 0.183. The van der Waals surface area contributed by atoms with Crippen LogP contribution in [-0.2, 0) is 9.47 Å². The molecule has 2 unspecified atom stereocenters. The van der Waals surface area contributed by atoms with Crippen molar-refractivity contribution in [2.24, 2.45) is 0 Å². The SMILES string of the molecule is COCC1(O)C=CC(Cl)=CC1OC. The molecule has 1 N–H and O–H groups in total. The molecule has 0 aromatic carbocycles. The molecule has 0 bridgehead atoms. The lowest BCUT2D eigenvalue weighted by Crippen LogP contribution is -2.45. The first-order valence-electron chi connectivity index (χ1n) is 3.93. The van der Waals surface area contributed by atoms with Crippen molar-refractivity contribution >= 4 is 11.6 Å². The van der Waals surface area contributed by atoms with E-state index in [4.69, 9.17) is 21.1 Å². The Bertz CT molecular complexity index is 237. The zero-order chi connectivity index (χ0) is 9.90. The van der Waals surface area contributed by atoms with Gasteiger partial charge in [0, 0.05) is 19.3 Å². The normalized spacial score (nSPS) is 33.2. The topological polar surface area (TPSA) is 38.7 Å². The molecule has 0 aromatic heterocycles. The van der Waals surface area contributed by atoms with Crippen molar-refractivity contribution in [3.05, 3.63) is 23.3 Å². The molecule has 0 amide bonds. The van der Waals surface area contributed by atoms with Gasteiger partial charge in [0.25, 0.3) is 0 Å². The zero-order valence-electron chi connectivity index (χ0n) is 7.66. The highest BCUT2D eigenvalue weighted by Gasteiger charge is 2.35. The predicted octanol–water partition coefficient (Wildman–Crippen LogP) is 1.07. The van der Waals surface area contributed by atoms with E-state index in [2.05, 4.69) is 0 Å². The standard InChI is InChI=1S/C9H13ClO3/c1-12-6-9(11)4-3-7(10)5-8(9)13-2/h3-5,8,11H,6H2,1-2H3. The minimum atomic E-state index is -1.11. The van der Waals surface area contributed by atoms with Crippen LogP contribution in [0.5, 0.6) is 0 Å². The van der Waals surface area contributed by atoms with Crippen molar-refractivity contribution < 1.29 is 14.6 Å². The summed E-state index contributed by atoms with van der Waals surface area (Å²) in [4.78, 5) is 0. The van der Waals surface area contributed by atoms with Gasteiger partial charge in [-0.15, -0.1) is 0 Å². The monoisotopic (exact) mass is 204 g/mol. The lowest BCUT2D eigenvalue weighted by molar-refractivity contribution is -0.0776. The van der Waals surface area contributed by atoms with Gasteiger partial charge in [-0.3, -0.25) is 0 Å². The molecule has 4 heteroatoms. The molecule has 2 atom stereocenters. The van der Waals surface area contributed by atoms with Gasteiger partial charge in [0.2, 0.25) is 0 Å². The minimum absolute atomic E-state index is 0.183. The van der Waals surface area contributed by atoms with Crippen molar-refractivity contribution in [3.8, 4) is 0 Å². The van der Waals surface area contributed by atoms with Gasteiger partial charge in [-0.2, -0.15) is 0 Å². The molecule has 0 aromatic rings.